The SMILES string of the molecule is CCN(CC)CCCN.O=C(O)c1ccc(C(=O)O)cc1. The minimum atomic E-state index is -1.06. The van der Waals surface area contributed by atoms with E-state index >= 15 is 0 Å². The molecule has 6 nitrogen and oxygen atoms in total. The zero-order valence-electron chi connectivity index (χ0n) is 12.6. The van der Waals surface area contributed by atoms with E-state index < -0.39 is 11.9 Å². The van der Waals surface area contributed by atoms with Gasteiger partial charge in [-0.05, 0) is 56.9 Å². The van der Waals surface area contributed by atoms with Gasteiger partial charge in [0.05, 0.1) is 11.1 Å². The predicted molar refractivity (Wildman–Crippen MR) is 81.8 cm³/mol. The van der Waals surface area contributed by atoms with E-state index in [0.29, 0.717) is 0 Å². The van der Waals surface area contributed by atoms with E-state index in [4.69, 9.17) is 15.9 Å². The molecule has 1 rings (SSSR count). The molecular weight excluding hydrogens is 272 g/mol. The molecule has 0 saturated carbocycles. The van der Waals surface area contributed by atoms with Crippen molar-refractivity contribution in [1.82, 2.24) is 4.90 Å². The number of carbonyl (C=O) groups is 2. The second kappa shape index (κ2) is 10.8. The molecule has 0 aliphatic rings. The second-order valence-electron chi connectivity index (χ2n) is 4.36. The number of rotatable bonds is 7. The average Bonchev–Trinajstić information content (AvgIpc) is 2.49. The highest BCUT2D eigenvalue weighted by atomic mass is 16.4. The highest BCUT2D eigenvalue weighted by Gasteiger charge is 2.04. The fraction of sp³-hybridized carbons (Fsp3) is 0.467. The molecule has 0 unspecified atom stereocenters. The molecule has 0 spiro atoms. The van der Waals surface area contributed by atoms with Crippen LogP contribution in [0, 0.1) is 0 Å². The lowest BCUT2D eigenvalue weighted by Gasteiger charge is -2.16. The number of carboxylic acids is 2. The Bertz CT molecular complexity index is 395. The van der Waals surface area contributed by atoms with Crippen molar-refractivity contribution in [1.29, 1.82) is 0 Å². The van der Waals surface area contributed by atoms with Gasteiger partial charge in [-0.25, -0.2) is 9.59 Å². The first-order chi connectivity index (χ1) is 9.96. The number of hydrogen-bond acceptors (Lipinski definition) is 4. The number of nitrogens with zero attached hydrogens (tertiary/aromatic N) is 1. The van der Waals surface area contributed by atoms with Crippen molar-refractivity contribution in [2.45, 2.75) is 20.3 Å². The Morgan fingerprint density at radius 1 is 1.00 bits per heavy atom. The molecular formula is C15H24N2O4. The molecule has 0 amide bonds. The predicted octanol–water partition coefficient (Wildman–Crippen LogP) is 1.76. The number of nitrogens with two attached hydrogens (primary N) is 1. The summed E-state index contributed by atoms with van der Waals surface area (Å²) in [5, 5.41) is 16.9. The topological polar surface area (TPSA) is 104 Å². The van der Waals surface area contributed by atoms with Crippen LogP contribution in [0.4, 0.5) is 0 Å². The first-order valence-electron chi connectivity index (χ1n) is 6.95. The molecule has 1 aromatic rings. The van der Waals surface area contributed by atoms with Crippen LogP contribution in [0.15, 0.2) is 24.3 Å². The van der Waals surface area contributed by atoms with Gasteiger partial charge in [-0.15, -0.1) is 0 Å². The normalized spacial score (nSPS) is 9.90. The maximum atomic E-state index is 10.3. The summed E-state index contributed by atoms with van der Waals surface area (Å²) in [4.78, 5) is 23.1. The maximum absolute atomic E-state index is 10.3. The van der Waals surface area contributed by atoms with Crippen molar-refractivity contribution in [3.63, 3.8) is 0 Å². The number of benzene rings is 1. The van der Waals surface area contributed by atoms with Crippen molar-refractivity contribution in [2.75, 3.05) is 26.2 Å². The summed E-state index contributed by atoms with van der Waals surface area (Å²) >= 11 is 0. The minimum absolute atomic E-state index is 0.0833. The van der Waals surface area contributed by atoms with Gasteiger partial charge in [0.15, 0.2) is 0 Å². The fourth-order valence-electron chi connectivity index (χ4n) is 1.61. The Labute approximate surface area is 125 Å². The van der Waals surface area contributed by atoms with Crippen molar-refractivity contribution >= 4 is 11.9 Å². The van der Waals surface area contributed by atoms with Gasteiger partial charge < -0.3 is 20.8 Å². The van der Waals surface area contributed by atoms with Crippen LogP contribution in [-0.2, 0) is 0 Å². The van der Waals surface area contributed by atoms with Crippen LogP contribution in [-0.4, -0.2) is 53.2 Å². The Balaban J connectivity index is 0.000000400. The number of hydrogen-bond donors (Lipinski definition) is 3. The summed E-state index contributed by atoms with van der Waals surface area (Å²) in [6, 6.07) is 5.02. The molecule has 0 aliphatic heterocycles. The van der Waals surface area contributed by atoms with Crippen molar-refractivity contribution < 1.29 is 19.8 Å². The summed E-state index contributed by atoms with van der Waals surface area (Å²) in [5.74, 6) is -2.13. The first kappa shape index (κ1) is 19.1. The van der Waals surface area contributed by atoms with Gasteiger partial charge in [-0.2, -0.15) is 0 Å². The third kappa shape index (κ3) is 8.06. The standard InChI is InChI=1S/C8H6O4.C7H18N2/c9-7(10)5-1-2-6(4-3-5)8(11)12;1-3-9(4-2)7-5-6-8/h1-4H,(H,9,10)(H,11,12);3-8H2,1-2H3. The van der Waals surface area contributed by atoms with Crippen LogP contribution in [0.5, 0.6) is 0 Å². The van der Waals surface area contributed by atoms with Crippen LogP contribution in [0.2, 0.25) is 0 Å². The van der Waals surface area contributed by atoms with Crippen LogP contribution in [0.25, 0.3) is 0 Å². The molecule has 21 heavy (non-hydrogen) atoms. The summed E-state index contributed by atoms with van der Waals surface area (Å²) < 4.78 is 0. The molecule has 6 heteroatoms. The van der Waals surface area contributed by atoms with E-state index in [1.807, 2.05) is 0 Å². The fourth-order valence-corrected chi connectivity index (χ4v) is 1.61. The van der Waals surface area contributed by atoms with Crippen LogP contribution in [0.3, 0.4) is 0 Å². The largest absolute Gasteiger partial charge is 0.478 e. The van der Waals surface area contributed by atoms with Crippen molar-refractivity contribution in [3.05, 3.63) is 35.4 Å². The zero-order chi connectivity index (χ0) is 16.3. The number of carboxylic acid groups (broad SMARTS) is 2. The summed E-state index contributed by atoms with van der Waals surface area (Å²) in [5.41, 5.74) is 5.53. The first-order valence-corrected chi connectivity index (χ1v) is 6.95. The second-order valence-corrected chi connectivity index (χ2v) is 4.36. The van der Waals surface area contributed by atoms with Gasteiger partial charge >= 0.3 is 11.9 Å². The van der Waals surface area contributed by atoms with Crippen molar-refractivity contribution in [2.24, 2.45) is 5.73 Å². The Morgan fingerprint density at radius 3 is 1.62 bits per heavy atom. The van der Waals surface area contributed by atoms with E-state index in [9.17, 15) is 9.59 Å². The van der Waals surface area contributed by atoms with Crippen molar-refractivity contribution in [3.8, 4) is 0 Å². The van der Waals surface area contributed by atoms with Crippen LogP contribution >= 0.6 is 0 Å². The molecule has 0 aromatic heterocycles. The van der Waals surface area contributed by atoms with Gasteiger partial charge in [0.2, 0.25) is 0 Å². The lowest BCUT2D eigenvalue weighted by Crippen LogP contribution is -2.25. The van der Waals surface area contributed by atoms with Crippen LogP contribution < -0.4 is 5.73 Å². The van der Waals surface area contributed by atoms with Gasteiger partial charge in [-0.3, -0.25) is 0 Å². The minimum Gasteiger partial charge on any atom is -0.478 e. The Hall–Kier alpha value is -1.92. The van der Waals surface area contributed by atoms with E-state index in [2.05, 4.69) is 18.7 Å². The quantitative estimate of drug-likeness (QED) is 0.708. The van der Waals surface area contributed by atoms with E-state index in [-0.39, 0.29) is 11.1 Å². The zero-order valence-corrected chi connectivity index (χ0v) is 12.6. The molecule has 0 bridgehead atoms. The molecule has 0 saturated heterocycles. The Kier molecular flexibility index (Phi) is 9.83. The van der Waals surface area contributed by atoms with E-state index in [1.54, 1.807) is 0 Å². The molecule has 0 aliphatic carbocycles. The summed E-state index contributed by atoms with van der Waals surface area (Å²) in [7, 11) is 0. The molecule has 0 atom stereocenters. The summed E-state index contributed by atoms with van der Waals surface area (Å²) in [6.07, 6.45) is 1.13. The molecule has 1 aromatic carbocycles. The molecule has 0 fully saturated rings. The lowest BCUT2D eigenvalue weighted by molar-refractivity contribution is 0.0681. The summed E-state index contributed by atoms with van der Waals surface area (Å²) in [6.45, 7) is 8.63. The monoisotopic (exact) mass is 296 g/mol. The van der Waals surface area contributed by atoms with Gasteiger partial charge in [-0.1, -0.05) is 13.8 Å². The molecule has 4 N–H and O–H groups in total. The lowest BCUT2D eigenvalue weighted by atomic mass is 10.1. The highest BCUT2D eigenvalue weighted by Crippen LogP contribution is 2.03. The number of aromatic carboxylic acids is 2. The van der Waals surface area contributed by atoms with Crippen LogP contribution in [0.1, 0.15) is 41.0 Å². The average molecular weight is 296 g/mol. The molecule has 0 heterocycles. The smallest absolute Gasteiger partial charge is 0.335 e. The molecule has 0 radical (unpaired) electrons. The van der Waals surface area contributed by atoms with Gasteiger partial charge in [0.1, 0.15) is 0 Å². The van der Waals surface area contributed by atoms with E-state index in [0.717, 1.165) is 32.6 Å². The Morgan fingerprint density at radius 2 is 1.38 bits per heavy atom. The maximum Gasteiger partial charge on any atom is 0.335 e. The van der Waals surface area contributed by atoms with Gasteiger partial charge in [0, 0.05) is 0 Å². The third-order valence-corrected chi connectivity index (χ3v) is 2.95. The van der Waals surface area contributed by atoms with E-state index in [1.165, 1.54) is 24.3 Å². The van der Waals surface area contributed by atoms with Gasteiger partial charge in [0.25, 0.3) is 0 Å². The third-order valence-electron chi connectivity index (χ3n) is 2.95. The highest BCUT2D eigenvalue weighted by molar-refractivity contribution is 5.91. The molecule has 118 valence electrons.